The van der Waals surface area contributed by atoms with Crippen LogP contribution in [-0.4, -0.2) is 34.8 Å². The number of carbonyl (C=O) groups excluding carboxylic acids is 2. The third-order valence-electron chi connectivity index (χ3n) is 2.85. The van der Waals surface area contributed by atoms with Crippen molar-refractivity contribution >= 4 is 18.0 Å². The molecule has 0 aliphatic rings. The summed E-state index contributed by atoms with van der Waals surface area (Å²) in [5, 5.41) is 24.8. The Bertz CT molecular complexity index is 729. The quantitative estimate of drug-likeness (QED) is 0.487. The van der Waals surface area contributed by atoms with Crippen LogP contribution in [0.25, 0.3) is 0 Å². The van der Waals surface area contributed by atoms with E-state index in [0.717, 1.165) is 6.07 Å². The number of phenols is 2. The van der Waals surface area contributed by atoms with Crippen LogP contribution in [0, 0.1) is 0 Å². The predicted octanol–water partition coefficient (Wildman–Crippen LogP) is 0.978. The molecule has 4 N–H and O–H groups in total. The van der Waals surface area contributed by atoms with E-state index in [9.17, 15) is 14.7 Å². The summed E-state index contributed by atoms with van der Waals surface area (Å²) in [4.78, 5) is 23.3. The fourth-order valence-corrected chi connectivity index (χ4v) is 1.71. The van der Waals surface area contributed by atoms with Gasteiger partial charge in [-0.05, 0) is 24.3 Å². The third kappa shape index (κ3) is 4.85. The van der Waals surface area contributed by atoms with Crippen LogP contribution < -0.4 is 10.7 Å². The number of phenolic OH excluding ortho intramolecular Hbond substituents is 2. The normalized spacial score (nSPS) is 10.4. The Balaban J connectivity index is 1.81. The first-order chi connectivity index (χ1) is 11.1. The molecule has 7 heteroatoms. The van der Waals surface area contributed by atoms with E-state index in [1.54, 1.807) is 30.3 Å². The van der Waals surface area contributed by atoms with Gasteiger partial charge in [0.25, 0.3) is 11.8 Å². The summed E-state index contributed by atoms with van der Waals surface area (Å²) in [6.07, 6.45) is 1.23. The van der Waals surface area contributed by atoms with Gasteiger partial charge in [-0.25, -0.2) is 5.43 Å². The molecule has 0 saturated heterocycles. The number of carbonyl (C=O) groups is 2. The van der Waals surface area contributed by atoms with Crippen LogP contribution in [0.1, 0.15) is 15.9 Å². The van der Waals surface area contributed by atoms with Gasteiger partial charge >= 0.3 is 0 Å². The molecule has 2 aromatic carbocycles. The van der Waals surface area contributed by atoms with Crippen LogP contribution in [0.3, 0.4) is 0 Å². The van der Waals surface area contributed by atoms with E-state index in [-0.39, 0.29) is 24.0 Å². The molecule has 0 aromatic heterocycles. The molecule has 23 heavy (non-hydrogen) atoms. The van der Waals surface area contributed by atoms with Crippen LogP contribution in [0.5, 0.6) is 11.5 Å². The Morgan fingerprint density at radius 2 is 1.83 bits per heavy atom. The van der Waals surface area contributed by atoms with Crippen molar-refractivity contribution in [2.45, 2.75) is 0 Å². The molecule has 0 saturated carbocycles. The maximum Gasteiger partial charge on any atom is 0.259 e. The maximum absolute atomic E-state index is 11.7. The minimum Gasteiger partial charge on any atom is -0.508 e. The highest BCUT2D eigenvalue weighted by Gasteiger charge is 2.06. The van der Waals surface area contributed by atoms with E-state index in [4.69, 9.17) is 5.11 Å². The molecular formula is C16H15N3O4. The Morgan fingerprint density at radius 1 is 1.09 bits per heavy atom. The second-order valence-electron chi connectivity index (χ2n) is 4.59. The third-order valence-corrected chi connectivity index (χ3v) is 2.85. The molecule has 2 rings (SSSR count). The van der Waals surface area contributed by atoms with Crippen molar-refractivity contribution in [3.05, 3.63) is 59.7 Å². The molecule has 0 heterocycles. The highest BCUT2D eigenvalue weighted by Crippen LogP contribution is 2.20. The van der Waals surface area contributed by atoms with Crippen molar-refractivity contribution in [3.8, 4) is 11.5 Å². The van der Waals surface area contributed by atoms with Crippen molar-refractivity contribution in [1.82, 2.24) is 10.7 Å². The summed E-state index contributed by atoms with van der Waals surface area (Å²) >= 11 is 0. The van der Waals surface area contributed by atoms with E-state index in [1.807, 2.05) is 0 Å². The van der Waals surface area contributed by atoms with Crippen molar-refractivity contribution in [2.24, 2.45) is 5.10 Å². The average molecular weight is 313 g/mol. The lowest BCUT2D eigenvalue weighted by atomic mass is 10.2. The summed E-state index contributed by atoms with van der Waals surface area (Å²) in [5.41, 5.74) is 3.01. The van der Waals surface area contributed by atoms with Crippen molar-refractivity contribution in [3.63, 3.8) is 0 Å². The summed E-state index contributed by atoms with van der Waals surface area (Å²) in [6.45, 7) is -0.230. The summed E-state index contributed by atoms with van der Waals surface area (Å²) in [6, 6.07) is 12.5. The van der Waals surface area contributed by atoms with E-state index in [1.165, 1.54) is 18.3 Å². The van der Waals surface area contributed by atoms with Gasteiger partial charge in [-0.1, -0.05) is 18.2 Å². The monoisotopic (exact) mass is 313 g/mol. The molecule has 0 bridgehead atoms. The van der Waals surface area contributed by atoms with Gasteiger partial charge < -0.3 is 15.5 Å². The number of nitrogens with zero attached hydrogens (tertiary/aromatic N) is 1. The van der Waals surface area contributed by atoms with Gasteiger partial charge in [0.2, 0.25) is 0 Å². The van der Waals surface area contributed by atoms with Gasteiger partial charge in [0.1, 0.15) is 11.5 Å². The zero-order chi connectivity index (χ0) is 16.7. The van der Waals surface area contributed by atoms with Gasteiger partial charge in [0.05, 0.1) is 12.8 Å². The lowest BCUT2D eigenvalue weighted by Crippen LogP contribution is -2.34. The number of amides is 2. The van der Waals surface area contributed by atoms with Gasteiger partial charge in [0.15, 0.2) is 0 Å². The molecule has 0 fully saturated rings. The Hall–Kier alpha value is -3.35. The number of aromatic hydroxyl groups is 2. The van der Waals surface area contributed by atoms with E-state index >= 15 is 0 Å². The second kappa shape index (κ2) is 7.60. The Labute approximate surface area is 132 Å². The van der Waals surface area contributed by atoms with Gasteiger partial charge in [0, 0.05) is 17.2 Å². The van der Waals surface area contributed by atoms with Crippen LogP contribution in [0.4, 0.5) is 0 Å². The Morgan fingerprint density at radius 3 is 2.52 bits per heavy atom. The topological polar surface area (TPSA) is 111 Å². The molecule has 118 valence electrons. The fraction of sp³-hybridized carbons (Fsp3) is 0.0625. The largest absolute Gasteiger partial charge is 0.508 e. The molecule has 0 spiro atoms. The van der Waals surface area contributed by atoms with Gasteiger partial charge in [-0.2, -0.15) is 5.10 Å². The number of benzene rings is 2. The van der Waals surface area contributed by atoms with Crippen LogP contribution in [0.15, 0.2) is 53.6 Å². The minimum absolute atomic E-state index is 0.0766. The first-order valence-electron chi connectivity index (χ1n) is 6.73. The van der Waals surface area contributed by atoms with Crippen LogP contribution in [0.2, 0.25) is 0 Å². The highest BCUT2D eigenvalue weighted by atomic mass is 16.3. The lowest BCUT2D eigenvalue weighted by molar-refractivity contribution is -0.120. The highest BCUT2D eigenvalue weighted by molar-refractivity contribution is 5.96. The number of hydrogen-bond donors (Lipinski definition) is 4. The predicted molar refractivity (Wildman–Crippen MR) is 84.3 cm³/mol. The maximum atomic E-state index is 11.7. The van der Waals surface area contributed by atoms with Gasteiger partial charge in [-0.15, -0.1) is 0 Å². The van der Waals surface area contributed by atoms with Crippen LogP contribution in [-0.2, 0) is 4.79 Å². The van der Waals surface area contributed by atoms with Gasteiger partial charge in [-0.3, -0.25) is 9.59 Å². The zero-order valence-electron chi connectivity index (χ0n) is 12.1. The molecule has 0 aliphatic heterocycles. The molecule has 0 radical (unpaired) electrons. The first-order valence-corrected chi connectivity index (χ1v) is 6.73. The smallest absolute Gasteiger partial charge is 0.259 e. The van der Waals surface area contributed by atoms with E-state index < -0.39 is 5.91 Å². The number of hydrazone groups is 1. The molecule has 0 aliphatic carbocycles. The number of nitrogens with one attached hydrogen (secondary N) is 2. The minimum atomic E-state index is -0.510. The van der Waals surface area contributed by atoms with Crippen molar-refractivity contribution in [2.75, 3.05) is 6.54 Å². The molecular weight excluding hydrogens is 298 g/mol. The van der Waals surface area contributed by atoms with E-state index in [0.29, 0.717) is 11.1 Å². The van der Waals surface area contributed by atoms with Crippen LogP contribution >= 0.6 is 0 Å². The van der Waals surface area contributed by atoms with Crippen molar-refractivity contribution < 1.29 is 19.8 Å². The lowest BCUT2D eigenvalue weighted by Gasteiger charge is -2.04. The number of hydrogen-bond acceptors (Lipinski definition) is 5. The van der Waals surface area contributed by atoms with E-state index in [2.05, 4.69) is 15.8 Å². The zero-order valence-corrected chi connectivity index (χ0v) is 12.1. The SMILES string of the molecule is O=C(CNC(=O)c1ccccc1)NN=Cc1ccc(O)cc1O. The fourth-order valence-electron chi connectivity index (χ4n) is 1.71. The Kier molecular flexibility index (Phi) is 5.30. The standard InChI is InChI=1S/C16H15N3O4/c20-13-7-6-12(14(21)8-13)9-18-19-15(22)10-17-16(23)11-4-2-1-3-5-11/h1-9,20-21H,10H2,(H,17,23)(H,19,22). The summed E-state index contributed by atoms with van der Waals surface area (Å²) < 4.78 is 0. The second-order valence-corrected chi connectivity index (χ2v) is 4.59. The first kappa shape index (κ1) is 16.0. The number of rotatable bonds is 5. The van der Waals surface area contributed by atoms with Crippen molar-refractivity contribution in [1.29, 1.82) is 0 Å². The molecule has 0 unspecified atom stereocenters. The average Bonchev–Trinajstić information content (AvgIpc) is 2.55. The molecule has 2 aromatic rings. The molecule has 0 atom stereocenters. The molecule has 2 amide bonds. The summed E-state index contributed by atoms with van der Waals surface area (Å²) in [7, 11) is 0. The summed E-state index contributed by atoms with van der Waals surface area (Å²) in [5.74, 6) is -1.11. The molecule has 7 nitrogen and oxygen atoms in total.